The molecule has 0 bridgehead atoms. The largest absolute Gasteiger partial charge is 0.342 e. The standard InChI is InChI=1S/C11H24NO2Si/c1-4-7-9-15-10-8-12-11(15,13-5-2)14-6-3/h12H,4-10H2,1-3H3. The first-order chi connectivity index (χ1) is 7.29. The number of hydrogen-bond acceptors (Lipinski definition) is 3. The highest BCUT2D eigenvalue weighted by molar-refractivity contribution is 6.62. The highest BCUT2D eigenvalue weighted by Gasteiger charge is 2.45. The summed E-state index contributed by atoms with van der Waals surface area (Å²) in [4.78, 5) is 0. The van der Waals surface area contributed by atoms with E-state index in [-0.39, 0.29) is 5.53 Å². The van der Waals surface area contributed by atoms with Gasteiger partial charge >= 0.3 is 0 Å². The molecule has 1 aliphatic heterocycles. The Morgan fingerprint density at radius 1 is 1.20 bits per heavy atom. The molecule has 1 N–H and O–H groups in total. The third-order valence-electron chi connectivity index (χ3n) is 2.78. The van der Waals surface area contributed by atoms with Gasteiger partial charge < -0.3 is 9.47 Å². The van der Waals surface area contributed by atoms with Gasteiger partial charge in [0.15, 0.2) is 0 Å². The normalized spacial score (nSPS) is 21.0. The quantitative estimate of drug-likeness (QED) is 0.537. The smallest absolute Gasteiger partial charge is 0.202 e. The van der Waals surface area contributed by atoms with E-state index in [1.165, 1.54) is 24.9 Å². The number of ether oxygens (including phenoxy) is 2. The first-order valence-corrected chi connectivity index (χ1v) is 8.08. The van der Waals surface area contributed by atoms with E-state index in [0.29, 0.717) is 0 Å². The fraction of sp³-hybridized carbons (Fsp3) is 1.00. The molecule has 15 heavy (non-hydrogen) atoms. The molecule has 0 atom stereocenters. The van der Waals surface area contributed by atoms with E-state index in [2.05, 4.69) is 12.2 Å². The van der Waals surface area contributed by atoms with E-state index < -0.39 is 8.80 Å². The Bertz CT molecular complexity index is 172. The Morgan fingerprint density at radius 2 is 1.87 bits per heavy atom. The molecule has 1 aliphatic rings. The second-order valence-electron chi connectivity index (χ2n) is 3.87. The predicted molar refractivity (Wildman–Crippen MR) is 64.3 cm³/mol. The van der Waals surface area contributed by atoms with Crippen molar-refractivity contribution in [3.63, 3.8) is 0 Å². The molecule has 0 saturated carbocycles. The lowest BCUT2D eigenvalue weighted by Gasteiger charge is -2.34. The van der Waals surface area contributed by atoms with Crippen molar-refractivity contribution in [2.24, 2.45) is 0 Å². The van der Waals surface area contributed by atoms with Crippen LogP contribution in [0.4, 0.5) is 0 Å². The Hall–Kier alpha value is 0.0969. The van der Waals surface area contributed by atoms with Gasteiger partial charge in [-0.05, 0) is 26.4 Å². The summed E-state index contributed by atoms with van der Waals surface area (Å²) in [6, 6.07) is 2.57. The van der Waals surface area contributed by atoms with Gasteiger partial charge in [-0.25, -0.2) is 0 Å². The van der Waals surface area contributed by atoms with Gasteiger partial charge in [0.1, 0.15) is 8.80 Å². The van der Waals surface area contributed by atoms with Crippen LogP contribution in [0.5, 0.6) is 0 Å². The molecule has 0 aliphatic carbocycles. The van der Waals surface area contributed by atoms with Crippen molar-refractivity contribution in [1.29, 1.82) is 0 Å². The third-order valence-corrected chi connectivity index (χ3v) is 5.98. The average molecular weight is 230 g/mol. The van der Waals surface area contributed by atoms with E-state index in [1.54, 1.807) is 0 Å². The number of unbranched alkanes of at least 4 members (excludes halogenated alkanes) is 1. The predicted octanol–water partition coefficient (Wildman–Crippen LogP) is 2.15. The van der Waals surface area contributed by atoms with E-state index >= 15 is 0 Å². The summed E-state index contributed by atoms with van der Waals surface area (Å²) in [5.41, 5.74) is -0.386. The molecule has 1 rings (SSSR count). The second-order valence-corrected chi connectivity index (χ2v) is 6.73. The van der Waals surface area contributed by atoms with E-state index in [9.17, 15) is 0 Å². The summed E-state index contributed by atoms with van der Waals surface area (Å²) in [5, 5.41) is 3.43. The van der Waals surface area contributed by atoms with Crippen molar-refractivity contribution in [2.75, 3.05) is 19.8 Å². The Balaban J connectivity index is 2.57. The van der Waals surface area contributed by atoms with Crippen molar-refractivity contribution in [3.05, 3.63) is 0 Å². The summed E-state index contributed by atoms with van der Waals surface area (Å²) in [6.07, 6.45) is 2.57. The topological polar surface area (TPSA) is 30.5 Å². The fourth-order valence-corrected chi connectivity index (χ4v) is 5.29. The molecule has 1 heterocycles. The molecule has 0 aromatic heterocycles. The molecular formula is C11H24NO2Si. The lowest BCUT2D eigenvalue weighted by Crippen LogP contribution is -2.55. The lowest BCUT2D eigenvalue weighted by atomic mass is 10.4. The molecule has 3 nitrogen and oxygen atoms in total. The summed E-state index contributed by atoms with van der Waals surface area (Å²) >= 11 is 0. The van der Waals surface area contributed by atoms with Gasteiger partial charge in [0.2, 0.25) is 5.53 Å². The summed E-state index contributed by atoms with van der Waals surface area (Å²) in [6.45, 7) is 8.84. The van der Waals surface area contributed by atoms with Gasteiger partial charge in [-0.3, -0.25) is 5.32 Å². The number of nitrogens with one attached hydrogen (secondary N) is 1. The molecule has 0 aromatic rings. The average Bonchev–Trinajstić information content (AvgIpc) is 2.59. The van der Waals surface area contributed by atoms with Crippen LogP contribution in [0, 0.1) is 0 Å². The maximum atomic E-state index is 5.85. The van der Waals surface area contributed by atoms with Gasteiger partial charge in [0, 0.05) is 13.2 Å². The van der Waals surface area contributed by atoms with E-state index in [4.69, 9.17) is 9.47 Å². The molecule has 1 fully saturated rings. The Morgan fingerprint density at radius 3 is 2.40 bits per heavy atom. The number of rotatable bonds is 7. The molecular weight excluding hydrogens is 206 g/mol. The van der Waals surface area contributed by atoms with Crippen LogP contribution in [-0.4, -0.2) is 34.1 Å². The minimum absolute atomic E-state index is 0.386. The van der Waals surface area contributed by atoms with Gasteiger partial charge in [0.05, 0.1) is 0 Å². The number of hydrogen-bond donors (Lipinski definition) is 1. The first-order valence-electron chi connectivity index (χ1n) is 6.17. The summed E-state index contributed by atoms with van der Waals surface area (Å²) in [5.74, 6) is 0. The van der Waals surface area contributed by atoms with Crippen molar-refractivity contribution in [2.45, 2.75) is 51.2 Å². The first kappa shape index (κ1) is 13.2. The minimum Gasteiger partial charge on any atom is -0.342 e. The van der Waals surface area contributed by atoms with Crippen molar-refractivity contribution in [3.8, 4) is 0 Å². The minimum atomic E-state index is -0.553. The Labute approximate surface area is 95.1 Å². The van der Waals surface area contributed by atoms with Crippen LogP contribution < -0.4 is 5.32 Å². The second kappa shape index (κ2) is 6.63. The molecule has 1 saturated heterocycles. The zero-order valence-electron chi connectivity index (χ0n) is 10.3. The maximum Gasteiger partial charge on any atom is 0.202 e. The van der Waals surface area contributed by atoms with Crippen LogP contribution in [0.3, 0.4) is 0 Å². The SMILES string of the molecule is CCCC[Si]1CCNC1(OCC)OCC. The van der Waals surface area contributed by atoms with Crippen molar-refractivity contribution >= 4 is 8.80 Å². The van der Waals surface area contributed by atoms with Crippen molar-refractivity contribution in [1.82, 2.24) is 5.32 Å². The zero-order chi connectivity index (χ0) is 11.1. The molecule has 1 radical (unpaired) electrons. The fourth-order valence-electron chi connectivity index (χ4n) is 2.10. The van der Waals surface area contributed by atoms with Gasteiger partial charge in [-0.1, -0.05) is 25.8 Å². The van der Waals surface area contributed by atoms with Gasteiger partial charge in [-0.15, -0.1) is 0 Å². The molecule has 89 valence electrons. The van der Waals surface area contributed by atoms with Gasteiger partial charge in [0.25, 0.3) is 0 Å². The van der Waals surface area contributed by atoms with E-state index in [0.717, 1.165) is 19.8 Å². The van der Waals surface area contributed by atoms with E-state index in [1.807, 2.05) is 13.8 Å². The maximum absolute atomic E-state index is 5.85. The summed E-state index contributed by atoms with van der Waals surface area (Å²) < 4.78 is 11.7. The Kier molecular flexibility index (Phi) is 5.82. The summed E-state index contributed by atoms with van der Waals surface area (Å²) in [7, 11) is -0.553. The van der Waals surface area contributed by atoms with Crippen LogP contribution in [0.2, 0.25) is 12.1 Å². The molecule has 0 spiro atoms. The molecule has 4 heteroatoms. The zero-order valence-corrected chi connectivity index (χ0v) is 11.3. The van der Waals surface area contributed by atoms with Crippen LogP contribution in [0.15, 0.2) is 0 Å². The molecule has 0 unspecified atom stereocenters. The van der Waals surface area contributed by atoms with Gasteiger partial charge in [-0.2, -0.15) is 0 Å². The monoisotopic (exact) mass is 230 g/mol. The third kappa shape index (κ3) is 3.28. The highest BCUT2D eigenvalue weighted by Crippen LogP contribution is 2.26. The van der Waals surface area contributed by atoms with Crippen LogP contribution >= 0.6 is 0 Å². The van der Waals surface area contributed by atoms with Crippen LogP contribution in [0.25, 0.3) is 0 Å². The molecule has 0 amide bonds. The van der Waals surface area contributed by atoms with Crippen molar-refractivity contribution < 1.29 is 9.47 Å². The highest BCUT2D eigenvalue weighted by atomic mass is 28.3. The lowest BCUT2D eigenvalue weighted by molar-refractivity contribution is -0.191. The van der Waals surface area contributed by atoms with Crippen LogP contribution in [-0.2, 0) is 9.47 Å². The molecule has 0 aromatic carbocycles. The van der Waals surface area contributed by atoms with Crippen LogP contribution in [0.1, 0.15) is 33.6 Å².